The zero-order valence-corrected chi connectivity index (χ0v) is 23.8. The Kier molecular flexibility index (Phi) is 11.8. The predicted octanol–water partition coefficient (Wildman–Crippen LogP) is 6.97. The number of hydrogen-bond acceptors (Lipinski definition) is 8. The monoisotopic (exact) mass is 522 g/mol. The van der Waals surface area contributed by atoms with Crippen molar-refractivity contribution in [3.05, 3.63) is 23.3 Å². The van der Waals surface area contributed by atoms with Crippen LogP contribution in [-0.4, -0.2) is 49.0 Å². The standard InChI is InChI=1S/C24H44O8P2/c1-9-29-33(27,30-10-2)15-13-23(5,6)19-17-22(26)20(18-21(19)25)24(7,8)14-16-34(28,31-11-3)32-12-4/h17-18,25-26H,9-16H2,1-8H3. The van der Waals surface area contributed by atoms with E-state index in [4.69, 9.17) is 18.1 Å². The summed E-state index contributed by atoms with van der Waals surface area (Å²) in [5.41, 5.74) is -0.127. The molecule has 0 saturated heterocycles. The van der Waals surface area contributed by atoms with Crippen molar-refractivity contribution in [1.29, 1.82) is 0 Å². The largest absolute Gasteiger partial charge is 0.508 e. The van der Waals surface area contributed by atoms with E-state index in [1.54, 1.807) is 39.8 Å². The Balaban J connectivity index is 3.14. The maximum absolute atomic E-state index is 12.9. The van der Waals surface area contributed by atoms with E-state index >= 15 is 0 Å². The Morgan fingerprint density at radius 2 is 0.912 bits per heavy atom. The van der Waals surface area contributed by atoms with E-state index in [1.165, 1.54) is 0 Å². The lowest BCUT2D eigenvalue weighted by Crippen LogP contribution is -2.23. The van der Waals surface area contributed by atoms with Crippen LogP contribution >= 0.6 is 15.2 Å². The Hall–Kier alpha value is -0.880. The van der Waals surface area contributed by atoms with Crippen LogP contribution in [0.25, 0.3) is 0 Å². The van der Waals surface area contributed by atoms with Gasteiger partial charge in [0.2, 0.25) is 0 Å². The van der Waals surface area contributed by atoms with Crippen molar-refractivity contribution in [1.82, 2.24) is 0 Å². The van der Waals surface area contributed by atoms with Gasteiger partial charge in [0.05, 0.1) is 38.8 Å². The molecule has 1 aromatic carbocycles. The van der Waals surface area contributed by atoms with Crippen LogP contribution in [0, 0.1) is 0 Å². The molecule has 10 heteroatoms. The minimum Gasteiger partial charge on any atom is -0.508 e. The highest BCUT2D eigenvalue weighted by atomic mass is 31.2. The van der Waals surface area contributed by atoms with E-state index in [-0.39, 0.29) is 50.3 Å². The first-order valence-electron chi connectivity index (χ1n) is 12.0. The van der Waals surface area contributed by atoms with Gasteiger partial charge in [-0.25, -0.2) is 0 Å². The molecular weight excluding hydrogens is 478 g/mol. The highest BCUT2D eigenvalue weighted by molar-refractivity contribution is 7.54. The first-order valence-corrected chi connectivity index (χ1v) is 15.5. The van der Waals surface area contributed by atoms with Gasteiger partial charge < -0.3 is 28.3 Å². The fraction of sp³-hybridized carbons (Fsp3) is 0.750. The van der Waals surface area contributed by atoms with Crippen LogP contribution < -0.4 is 0 Å². The molecule has 2 N–H and O–H groups in total. The zero-order valence-electron chi connectivity index (χ0n) is 22.0. The minimum absolute atomic E-state index is 0.0336. The summed E-state index contributed by atoms with van der Waals surface area (Å²) in [5, 5.41) is 21.8. The molecule has 198 valence electrons. The van der Waals surface area contributed by atoms with Crippen molar-refractivity contribution >= 4 is 15.2 Å². The summed E-state index contributed by atoms with van der Waals surface area (Å²) in [6.07, 6.45) is 1.23. The Morgan fingerprint density at radius 1 is 0.647 bits per heavy atom. The third kappa shape index (κ3) is 8.65. The normalized spacial score (nSPS) is 13.4. The summed E-state index contributed by atoms with van der Waals surface area (Å²) in [7, 11) is -6.46. The molecule has 1 aromatic rings. The van der Waals surface area contributed by atoms with Crippen LogP contribution in [0.1, 0.15) is 79.4 Å². The molecule has 0 aliphatic carbocycles. The molecule has 0 aliphatic rings. The van der Waals surface area contributed by atoms with Crippen LogP contribution in [-0.2, 0) is 38.1 Å². The maximum atomic E-state index is 12.9. The highest BCUT2D eigenvalue weighted by Gasteiger charge is 2.35. The summed E-state index contributed by atoms with van der Waals surface area (Å²) in [6.45, 7) is 15.9. The third-order valence-corrected chi connectivity index (χ3v) is 10.0. The molecule has 0 aromatic heterocycles. The molecule has 0 atom stereocenters. The van der Waals surface area contributed by atoms with E-state index in [0.717, 1.165) is 0 Å². The lowest BCUT2D eigenvalue weighted by molar-refractivity contribution is 0.216. The molecule has 0 amide bonds. The van der Waals surface area contributed by atoms with Gasteiger partial charge in [-0.2, -0.15) is 0 Å². The van der Waals surface area contributed by atoms with Crippen LogP contribution in [0.2, 0.25) is 0 Å². The van der Waals surface area contributed by atoms with Gasteiger partial charge in [-0.1, -0.05) is 27.7 Å². The fourth-order valence-corrected chi connectivity index (χ4v) is 7.79. The summed E-state index contributed by atoms with van der Waals surface area (Å²) in [4.78, 5) is 0. The summed E-state index contributed by atoms with van der Waals surface area (Å²) in [5.74, 6) is 0.0673. The first kappa shape index (κ1) is 31.2. The predicted molar refractivity (Wildman–Crippen MR) is 137 cm³/mol. The second-order valence-electron chi connectivity index (χ2n) is 9.49. The average Bonchev–Trinajstić information content (AvgIpc) is 2.73. The molecule has 0 fully saturated rings. The van der Waals surface area contributed by atoms with Gasteiger partial charge in [0.1, 0.15) is 11.5 Å². The number of phenolic OH excluding ortho intramolecular Hbond substituents is 2. The topological polar surface area (TPSA) is 112 Å². The van der Waals surface area contributed by atoms with Gasteiger partial charge in [-0.3, -0.25) is 9.13 Å². The Bertz CT molecular complexity index is 790. The molecule has 0 saturated carbocycles. The van der Waals surface area contributed by atoms with Gasteiger partial charge in [-0.05, 0) is 63.5 Å². The average molecular weight is 523 g/mol. The van der Waals surface area contributed by atoms with Crippen molar-refractivity contribution < 1.29 is 37.4 Å². The molecule has 8 nitrogen and oxygen atoms in total. The summed E-state index contributed by atoms with van der Waals surface area (Å²) < 4.78 is 47.3. The molecule has 1 rings (SSSR count). The molecule has 34 heavy (non-hydrogen) atoms. The van der Waals surface area contributed by atoms with E-state index in [0.29, 0.717) is 24.0 Å². The molecule has 0 heterocycles. The number of phenols is 2. The van der Waals surface area contributed by atoms with Gasteiger partial charge in [0, 0.05) is 11.1 Å². The number of aromatic hydroxyl groups is 2. The van der Waals surface area contributed by atoms with Gasteiger partial charge in [0.15, 0.2) is 0 Å². The number of benzene rings is 1. The van der Waals surface area contributed by atoms with E-state index in [2.05, 4.69) is 0 Å². The van der Waals surface area contributed by atoms with Gasteiger partial charge >= 0.3 is 15.2 Å². The van der Waals surface area contributed by atoms with Gasteiger partial charge in [-0.15, -0.1) is 0 Å². The molecule has 0 aliphatic heterocycles. The third-order valence-electron chi connectivity index (χ3n) is 5.90. The second kappa shape index (κ2) is 12.9. The summed E-state index contributed by atoms with van der Waals surface area (Å²) >= 11 is 0. The van der Waals surface area contributed by atoms with E-state index in [9.17, 15) is 19.3 Å². The fourth-order valence-electron chi connectivity index (χ4n) is 3.88. The lowest BCUT2D eigenvalue weighted by atomic mass is 9.77. The first-order chi connectivity index (χ1) is 15.7. The molecule has 0 unspecified atom stereocenters. The quantitative estimate of drug-likeness (QED) is 0.177. The number of rotatable bonds is 16. The molecule has 0 radical (unpaired) electrons. The van der Waals surface area contributed by atoms with Crippen LogP contribution in [0.15, 0.2) is 12.1 Å². The minimum atomic E-state index is -3.23. The van der Waals surface area contributed by atoms with Crippen molar-refractivity contribution in [2.24, 2.45) is 0 Å². The van der Waals surface area contributed by atoms with Crippen LogP contribution in [0.4, 0.5) is 0 Å². The van der Waals surface area contributed by atoms with Crippen molar-refractivity contribution in [2.45, 2.75) is 79.1 Å². The van der Waals surface area contributed by atoms with Gasteiger partial charge in [0.25, 0.3) is 0 Å². The SMILES string of the molecule is CCOP(=O)(CCC(C)(C)c1cc(O)c(C(C)(C)CCP(=O)(OCC)OCC)cc1O)OCC. The Labute approximate surface area is 205 Å². The molecule has 0 spiro atoms. The maximum Gasteiger partial charge on any atom is 0.330 e. The molecule has 0 bridgehead atoms. The van der Waals surface area contributed by atoms with Crippen LogP contribution in [0.5, 0.6) is 11.5 Å². The lowest BCUT2D eigenvalue weighted by Gasteiger charge is -2.31. The Morgan fingerprint density at radius 3 is 1.15 bits per heavy atom. The zero-order chi connectivity index (χ0) is 26.2. The van der Waals surface area contributed by atoms with Crippen molar-refractivity contribution in [2.75, 3.05) is 38.8 Å². The second-order valence-corrected chi connectivity index (χ2v) is 13.9. The van der Waals surface area contributed by atoms with Crippen LogP contribution in [0.3, 0.4) is 0 Å². The highest BCUT2D eigenvalue weighted by Crippen LogP contribution is 2.53. The van der Waals surface area contributed by atoms with E-state index < -0.39 is 26.0 Å². The number of hydrogen-bond donors (Lipinski definition) is 2. The summed E-state index contributed by atoms with van der Waals surface area (Å²) in [6, 6.07) is 3.12. The van der Waals surface area contributed by atoms with Crippen molar-refractivity contribution in [3.8, 4) is 11.5 Å². The van der Waals surface area contributed by atoms with E-state index in [1.807, 2.05) is 27.7 Å². The molecular formula is C24H44O8P2. The van der Waals surface area contributed by atoms with Crippen molar-refractivity contribution in [3.63, 3.8) is 0 Å². The smallest absolute Gasteiger partial charge is 0.330 e.